The van der Waals surface area contributed by atoms with Gasteiger partial charge in [-0.15, -0.1) is 0 Å². The Morgan fingerprint density at radius 2 is 1.78 bits per heavy atom. The molecule has 0 aliphatic heterocycles. The van der Waals surface area contributed by atoms with Crippen LogP contribution in [0.25, 0.3) is 0 Å². The Kier molecular flexibility index (Phi) is 3.34. The number of aryl methyl sites for hydroxylation is 3. The van der Waals surface area contributed by atoms with Gasteiger partial charge < -0.3 is 10.8 Å². The summed E-state index contributed by atoms with van der Waals surface area (Å²) in [4.78, 5) is 4.03. The lowest BCUT2D eigenvalue weighted by atomic mass is 9.92. The Labute approximate surface area is 107 Å². The molecule has 1 heterocycles. The molecular formula is C15H18N2O. The number of nitrogen functional groups attached to an aromatic ring is 1. The minimum atomic E-state index is -0.723. The van der Waals surface area contributed by atoms with E-state index in [2.05, 4.69) is 24.0 Å². The summed E-state index contributed by atoms with van der Waals surface area (Å²) < 4.78 is 0. The first-order chi connectivity index (χ1) is 8.50. The second kappa shape index (κ2) is 4.78. The number of nitrogens with zero attached hydrogens (tertiary/aromatic N) is 1. The number of hydrogen-bond donors (Lipinski definition) is 2. The summed E-state index contributed by atoms with van der Waals surface area (Å²) >= 11 is 0. The first kappa shape index (κ1) is 12.6. The molecule has 1 aromatic heterocycles. The van der Waals surface area contributed by atoms with Crippen LogP contribution in [-0.4, -0.2) is 10.1 Å². The zero-order valence-electron chi connectivity index (χ0n) is 10.9. The van der Waals surface area contributed by atoms with E-state index in [1.54, 1.807) is 18.5 Å². The molecule has 0 saturated heterocycles. The molecular weight excluding hydrogens is 224 g/mol. The Morgan fingerprint density at radius 1 is 1.17 bits per heavy atom. The highest BCUT2D eigenvalue weighted by Gasteiger charge is 2.18. The largest absolute Gasteiger partial charge is 0.398 e. The molecule has 2 aromatic rings. The van der Waals surface area contributed by atoms with Gasteiger partial charge in [-0.25, -0.2) is 0 Å². The summed E-state index contributed by atoms with van der Waals surface area (Å²) in [6, 6.07) is 5.84. The molecule has 0 radical (unpaired) electrons. The monoisotopic (exact) mass is 242 g/mol. The number of aliphatic hydroxyl groups is 1. The molecule has 0 amide bonds. The van der Waals surface area contributed by atoms with Gasteiger partial charge in [0.15, 0.2) is 0 Å². The Hall–Kier alpha value is -1.87. The molecule has 1 unspecified atom stereocenters. The topological polar surface area (TPSA) is 59.1 Å². The first-order valence-electron chi connectivity index (χ1n) is 5.96. The van der Waals surface area contributed by atoms with Crippen molar-refractivity contribution in [1.29, 1.82) is 0 Å². The number of pyridine rings is 1. The van der Waals surface area contributed by atoms with Crippen LogP contribution in [0.2, 0.25) is 0 Å². The van der Waals surface area contributed by atoms with Crippen LogP contribution in [0.4, 0.5) is 5.69 Å². The molecule has 0 fully saturated rings. The Balaban J connectivity index is 2.53. The molecule has 2 rings (SSSR count). The van der Waals surface area contributed by atoms with E-state index >= 15 is 0 Å². The third-order valence-electron chi connectivity index (χ3n) is 3.19. The number of hydrogen-bond acceptors (Lipinski definition) is 3. The van der Waals surface area contributed by atoms with Gasteiger partial charge in [0.2, 0.25) is 0 Å². The van der Waals surface area contributed by atoms with Crippen molar-refractivity contribution in [2.75, 3.05) is 5.73 Å². The molecule has 94 valence electrons. The predicted molar refractivity (Wildman–Crippen MR) is 73.4 cm³/mol. The van der Waals surface area contributed by atoms with E-state index in [-0.39, 0.29) is 0 Å². The van der Waals surface area contributed by atoms with Crippen molar-refractivity contribution in [3.63, 3.8) is 0 Å². The predicted octanol–water partition coefficient (Wildman–Crippen LogP) is 2.67. The van der Waals surface area contributed by atoms with Gasteiger partial charge in [0.05, 0.1) is 0 Å². The van der Waals surface area contributed by atoms with Crippen LogP contribution in [0, 0.1) is 20.8 Å². The summed E-state index contributed by atoms with van der Waals surface area (Å²) in [5.41, 5.74) is 11.4. The number of aliphatic hydroxyl groups excluding tert-OH is 1. The van der Waals surface area contributed by atoms with E-state index in [9.17, 15) is 5.11 Å². The SMILES string of the molecule is Cc1cc(C)c(C(O)c2cnccc2N)c(C)c1. The Morgan fingerprint density at radius 3 is 2.33 bits per heavy atom. The summed E-state index contributed by atoms with van der Waals surface area (Å²) in [6.45, 7) is 6.06. The van der Waals surface area contributed by atoms with Gasteiger partial charge in [0.1, 0.15) is 6.10 Å². The highest BCUT2D eigenvalue weighted by atomic mass is 16.3. The van der Waals surface area contributed by atoms with Gasteiger partial charge >= 0.3 is 0 Å². The van der Waals surface area contributed by atoms with Gasteiger partial charge in [0, 0.05) is 23.6 Å². The van der Waals surface area contributed by atoms with Crippen molar-refractivity contribution in [3.8, 4) is 0 Å². The minimum absolute atomic E-state index is 0.567. The van der Waals surface area contributed by atoms with Crippen molar-refractivity contribution in [3.05, 3.63) is 58.4 Å². The fourth-order valence-corrected chi connectivity index (χ4v) is 2.42. The van der Waals surface area contributed by atoms with Crippen LogP contribution in [0.3, 0.4) is 0 Å². The maximum absolute atomic E-state index is 10.5. The fourth-order valence-electron chi connectivity index (χ4n) is 2.42. The lowest BCUT2D eigenvalue weighted by Gasteiger charge is -2.18. The standard InChI is InChI=1S/C15H18N2O/c1-9-6-10(2)14(11(3)7-9)15(18)12-8-17-5-4-13(12)16/h4-8,15,18H,1-3H3,(H2,16,17). The smallest absolute Gasteiger partial charge is 0.108 e. The second-order valence-electron chi connectivity index (χ2n) is 4.72. The highest BCUT2D eigenvalue weighted by molar-refractivity contribution is 5.51. The third kappa shape index (κ3) is 2.22. The van der Waals surface area contributed by atoms with Gasteiger partial charge in [-0.1, -0.05) is 17.7 Å². The van der Waals surface area contributed by atoms with Crippen LogP contribution in [0.1, 0.15) is 33.9 Å². The molecule has 0 spiro atoms. The van der Waals surface area contributed by atoms with Crippen molar-refractivity contribution < 1.29 is 5.11 Å². The zero-order chi connectivity index (χ0) is 13.3. The minimum Gasteiger partial charge on any atom is -0.398 e. The third-order valence-corrected chi connectivity index (χ3v) is 3.19. The second-order valence-corrected chi connectivity index (χ2v) is 4.72. The number of aromatic nitrogens is 1. The molecule has 1 atom stereocenters. The first-order valence-corrected chi connectivity index (χ1v) is 5.96. The van der Waals surface area contributed by atoms with E-state index < -0.39 is 6.10 Å². The molecule has 3 nitrogen and oxygen atoms in total. The van der Waals surface area contributed by atoms with Gasteiger partial charge in [-0.3, -0.25) is 4.98 Å². The van der Waals surface area contributed by atoms with Gasteiger partial charge in [-0.05, 0) is 43.5 Å². The maximum atomic E-state index is 10.5. The molecule has 0 bridgehead atoms. The normalized spacial score (nSPS) is 12.4. The van der Waals surface area contributed by atoms with E-state index in [4.69, 9.17) is 5.73 Å². The lowest BCUT2D eigenvalue weighted by Crippen LogP contribution is -2.08. The van der Waals surface area contributed by atoms with Gasteiger partial charge in [0.25, 0.3) is 0 Å². The van der Waals surface area contributed by atoms with Crippen LogP contribution < -0.4 is 5.73 Å². The average Bonchev–Trinajstić information content (AvgIpc) is 2.27. The summed E-state index contributed by atoms with van der Waals surface area (Å²) in [5, 5.41) is 10.5. The van der Waals surface area contributed by atoms with Crippen molar-refractivity contribution in [1.82, 2.24) is 4.98 Å². The van der Waals surface area contributed by atoms with Crippen molar-refractivity contribution in [2.24, 2.45) is 0 Å². The molecule has 3 N–H and O–H groups in total. The lowest BCUT2D eigenvalue weighted by molar-refractivity contribution is 0.219. The summed E-state index contributed by atoms with van der Waals surface area (Å²) in [6.07, 6.45) is 2.53. The quantitative estimate of drug-likeness (QED) is 0.851. The van der Waals surface area contributed by atoms with Crippen molar-refractivity contribution >= 4 is 5.69 Å². The van der Waals surface area contributed by atoms with Crippen LogP contribution in [0.15, 0.2) is 30.6 Å². The summed E-state index contributed by atoms with van der Waals surface area (Å²) in [5.74, 6) is 0. The molecule has 0 aliphatic carbocycles. The van der Waals surface area contributed by atoms with Crippen LogP contribution >= 0.6 is 0 Å². The van der Waals surface area contributed by atoms with Gasteiger partial charge in [-0.2, -0.15) is 0 Å². The molecule has 1 aromatic carbocycles. The number of nitrogens with two attached hydrogens (primary N) is 1. The highest BCUT2D eigenvalue weighted by Crippen LogP contribution is 2.30. The maximum Gasteiger partial charge on any atom is 0.108 e. The fraction of sp³-hybridized carbons (Fsp3) is 0.267. The molecule has 18 heavy (non-hydrogen) atoms. The number of anilines is 1. The zero-order valence-corrected chi connectivity index (χ0v) is 10.9. The molecule has 0 saturated carbocycles. The van der Waals surface area contributed by atoms with E-state index in [1.807, 2.05) is 13.8 Å². The summed E-state index contributed by atoms with van der Waals surface area (Å²) in [7, 11) is 0. The van der Waals surface area contributed by atoms with E-state index in [1.165, 1.54) is 5.56 Å². The molecule has 3 heteroatoms. The van der Waals surface area contributed by atoms with Crippen molar-refractivity contribution in [2.45, 2.75) is 26.9 Å². The van der Waals surface area contributed by atoms with E-state index in [0.29, 0.717) is 11.3 Å². The Bertz CT molecular complexity index is 555. The number of rotatable bonds is 2. The molecule has 0 aliphatic rings. The van der Waals surface area contributed by atoms with Crippen LogP contribution in [0.5, 0.6) is 0 Å². The van der Waals surface area contributed by atoms with E-state index in [0.717, 1.165) is 16.7 Å². The van der Waals surface area contributed by atoms with Crippen LogP contribution in [-0.2, 0) is 0 Å². The average molecular weight is 242 g/mol. The number of benzene rings is 1.